The first-order valence-electron chi connectivity index (χ1n) is 16.4. The summed E-state index contributed by atoms with van der Waals surface area (Å²) in [6.07, 6.45) is 0. The Morgan fingerprint density at radius 2 is 1.29 bits per heavy atom. The Bertz CT molecular complexity index is 2060. The molecule has 0 bridgehead atoms. The van der Waals surface area contributed by atoms with Crippen molar-refractivity contribution < 1.29 is 9.53 Å². The van der Waals surface area contributed by atoms with Gasteiger partial charge in [0.1, 0.15) is 5.82 Å². The van der Waals surface area contributed by atoms with Crippen LogP contribution in [0.5, 0.6) is 0 Å². The van der Waals surface area contributed by atoms with Gasteiger partial charge in [-0.15, -0.1) is 0 Å². The SMILES string of the molecule is CCOC(=O)c1c(C)nc2c(c(N3CCN(C(c4ccccc4)c4ccccc4)CC3)nc(=O)n2-c2ccccc2)c1-c1ccccc1. The minimum Gasteiger partial charge on any atom is -0.462 e. The molecule has 0 aliphatic carbocycles. The maximum Gasteiger partial charge on any atom is 0.355 e. The number of fused-ring (bicyclic) bond motifs is 1. The molecule has 240 valence electrons. The summed E-state index contributed by atoms with van der Waals surface area (Å²) in [4.78, 5) is 42.0. The standard InChI is InChI=1S/C40H37N5O3/c1-3-48-39(46)33-28(2)41-38-35(34(33)29-16-8-4-9-17-29)37(42-40(47)45(38)32-22-14-7-15-23-32)44-26-24-43(25-27-44)36(30-18-10-5-11-19-30)31-20-12-6-13-21-31/h4-23,36H,3,24-27H2,1-2H3. The molecule has 6 aromatic rings. The topological polar surface area (TPSA) is 80.6 Å². The van der Waals surface area contributed by atoms with Gasteiger partial charge in [-0.05, 0) is 42.7 Å². The summed E-state index contributed by atoms with van der Waals surface area (Å²) >= 11 is 0. The molecule has 8 heteroatoms. The fourth-order valence-corrected chi connectivity index (χ4v) is 6.81. The third-order valence-corrected chi connectivity index (χ3v) is 8.95. The number of anilines is 1. The summed E-state index contributed by atoms with van der Waals surface area (Å²) in [7, 11) is 0. The summed E-state index contributed by atoms with van der Waals surface area (Å²) in [5, 5.41) is 0.648. The lowest BCUT2D eigenvalue weighted by Crippen LogP contribution is -2.48. The zero-order valence-electron chi connectivity index (χ0n) is 27.1. The number of aryl methyl sites for hydroxylation is 1. The summed E-state index contributed by atoms with van der Waals surface area (Å²) in [6.45, 7) is 6.55. The van der Waals surface area contributed by atoms with Crippen LogP contribution in [-0.2, 0) is 4.74 Å². The summed E-state index contributed by atoms with van der Waals surface area (Å²) in [5.74, 6) is 0.0692. The van der Waals surface area contributed by atoms with Gasteiger partial charge in [0.2, 0.25) is 0 Å². The van der Waals surface area contributed by atoms with Crippen molar-refractivity contribution in [3.8, 4) is 16.8 Å². The first-order valence-corrected chi connectivity index (χ1v) is 16.4. The number of para-hydroxylation sites is 1. The Hall–Kier alpha value is -5.60. The average molecular weight is 636 g/mol. The summed E-state index contributed by atoms with van der Waals surface area (Å²) in [5.41, 5.74) is 5.50. The molecular formula is C40H37N5O3. The normalized spacial score (nSPS) is 13.6. The molecule has 0 atom stereocenters. The highest BCUT2D eigenvalue weighted by molar-refractivity contribution is 6.11. The van der Waals surface area contributed by atoms with Gasteiger partial charge in [0.15, 0.2) is 5.65 Å². The second-order valence-corrected chi connectivity index (χ2v) is 11.9. The van der Waals surface area contributed by atoms with Crippen molar-refractivity contribution in [1.82, 2.24) is 19.4 Å². The van der Waals surface area contributed by atoms with Gasteiger partial charge in [-0.1, -0.05) is 109 Å². The van der Waals surface area contributed by atoms with Gasteiger partial charge >= 0.3 is 11.7 Å². The molecule has 1 aliphatic heterocycles. The number of nitrogens with zero attached hydrogens (tertiary/aromatic N) is 5. The second-order valence-electron chi connectivity index (χ2n) is 11.9. The monoisotopic (exact) mass is 635 g/mol. The Morgan fingerprint density at radius 1 is 0.750 bits per heavy atom. The summed E-state index contributed by atoms with van der Waals surface area (Å²) in [6, 6.07) is 40.4. The number of hydrogen-bond donors (Lipinski definition) is 0. The van der Waals surface area contributed by atoms with Crippen LogP contribution < -0.4 is 10.6 Å². The molecule has 7 rings (SSSR count). The molecular weight excluding hydrogens is 598 g/mol. The predicted octanol–water partition coefficient (Wildman–Crippen LogP) is 6.84. The van der Waals surface area contributed by atoms with Crippen molar-refractivity contribution in [1.29, 1.82) is 0 Å². The van der Waals surface area contributed by atoms with E-state index in [4.69, 9.17) is 14.7 Å². The minimum absolute atomic E-state index is 0.0879. The van der Waals surface area contributed by atoms with Gasteiger partial charge in [-0.2, -0.15) is 4.98 Å². The fourth-order valence-electron chi connectivity index (χ4n) is 6.81. The van der Waals surface area contributed by atoms with Crippen LogP contribution in [0.4, 0.5) is 5.82 Å². The largest absolute Gasteiger partial charge is 0.462 e. The molecule has 0 radical (unpaired) electrons. The van der Waals surface area contributed by atoms with E-state index in [0.717, 1.165) is 18.7 Å². The average Bonchev–Trinajstić information content (AvgIpc) is 3.13. The van der Waals surface area contributed by atoms with Crippen LogP contribution in [0.15, 0.2) is 126 Å². The van der Waals surface area contributed by atoms with E-state index in [0.29, 0.717) is 52.4 Å². The van der Waals surface area contributed by atoms with Gasteiger partial charge in [-0.3, -0.25) is 4.90 Å². The van der Waals surface area contributed by atoms with E-state index in [9.17, 15) is 9.59 Å². The van der Waals surface area contributed by atoms with Crippen LogP contribution in [0.1, 0.15) is 40.1 Å². The zero-order chi connectivity index (χ0) is 33.0. The molecule has 1 fully saturated rings. The molecule has 2 aromatic heterocycles. The minimum atomic E-state index is -0.454. The number of benzene rings is 4. The van der Waals surface area contributed by atoms with E-state index >= 15 is 0 Å². The second kappa shape index (κ2) is 13.6. The molecule has 1 aliphatic rings. The molecule has 0 unspecified atom stereocenters. The first kappa shape index (κ1) is 31.0. The van der Waals surface area contributed by atoms with Gasteiger partial charge in [0.05, 0.1) is 35.0 Å². The van der Waals surface area contributed by atoms with Crippen LogP contribution in [0.3, 0.4) is 0 Å². The number of carbonyl (C=O) groups excluding carboxylic acids is 1. The Kier molecular flexibility index (Phi) is 8.81. The van der Waals surface area contributed by atoms with Gasteiger partial charge < -0.3 is 9.64 Å². The molecule has 3 heterocycles. The number of rotatable bonds is 8. The molecule has 8 nitrogen and oxygen atoms in total. The molecule has 48 heavy (non-hydrogen) atoms. The van der Waals surface area contributed by atoms with E-state index in [1.54, 1.807) is 18.4 Å². The van der Waals surface area contributed by atoms with Crippen molar-refractivity contribution >= 4 is 22.8 Å². The van der Waals surface area contributed by atoms with E-state index in [1.807, 2.05) is 72.8 Å². The highest BCUT2D eigenvalue weighted by Crippen LogP contribution is 2.39. The van der Waals surface area contributed by atoms with Crippen LogP contribution in [-0.4, -0.2) is 58.2 Å². The number of carbonyl (C=O) groups is 1. The van der Waals surface area contributed by atoms with Crippen LogP contribution in [0.25, 0.3) is 27.8 Å². The number of pyridine rings is 1. The zero-order valence-corrected chi connectivity index (χ0v) is 27.1. The number of esters is 1. The van der Waals surface area contributed by atoms with Crippen LogP contribution in [0.2, 0.25) is 0 Å². The van der Waals surface area contributed by atoms with Crippen molar-refractivity contribution in [2.24, 2.45) is 0 Å². The maximum atomic E-state index is 14.0. The Labute approximate surface area is 279 Å². The Morgan fingerprint density at radius 3 is 1.85 bits per heavy atom. The lowest BCUT2D eigenvalue weighted by molar-refractivity contribution is 0.0526. The fraction of sp³-hybridized carbons (Fsp3) is 0.200. The lowest BCUT2D eigenvalue weighted by Gasteiger charge is -2.40. The third kappa shape index (κ3) is 5.87. The number of ether oxygens (including phenoxy) is 1. The van der Waals surface area contributed by atoms with Crippen molar-refractivity contribution in [2.75, 3.05) is 37.7 Å². The number of piperazine rings is 1. The van der Waals surface area contributed by atoms with Gasteiger partial charge in [0, 0.05) is 31.7 Å². The lowest BCUT2D eigenvalue weighted by atomic mass is 9.94. The van der Waals surface area contributed by atoms with Crippen molar-refractivity contribution in [2.45, 2.75) is 19.9 Å². The number of aromatic nitrogens is 3. The van der Waals surface area contributed by atoms with Crippen LogP contribution >= 0.6 is 0 Å². The van der Waals surface area contributed by atoms with E-state index in [2.05, 4.69) is 58.3 Å². The first-order chi connectivity index (χ1) is 23.5. The molecule has 1 saturated heterocycles. The van der Waals surface area contributed by atoms with E-state index in [1.165, 1.54) is 11.1 Å². The predicted molar refractivity (Wildman–Crippen MR) is 190 cm³/mol. The van der Waals surface area contributed by atoms with Gasteiger partial charge in [0.25, 0.3) is 0 Å². The van der Waals surface area contributed by atoms with E-state index < -0.39 is 11.7 Å². The highest BCUT2D eigenvalue weighted by Gasteiger charge is 2.31. The number of hydrogen-bond acceptors (Lipinski definition) is 7. The smallest absolute Gasteiger partial charge is 0.355 e. The van der Waals surface area contributed by atoms with Crippen molar-refractivity contribution in [3.05, 3.63) is 154 Å². The quantitative estimate of drug-likeness (QED) is 0.169. The third-order valence-electron chi connectivity index (χ3n) is 8.95. The highest BCUT2D eigenvalue weighted by atomic mass is 16.5. The molecule has 0 saturated carbocycles. The van der Waals surface area contributed by atoms with Crippen molar-refractivity contribution in [3.63, 3.8) is 0 Å². The molecule has 0 spiro atoms. The molecule has 0 amide bonds. The molecule has 4 aromatic carbocycles. The maximum absolute atomic E-state index is 14.0. The Balaban J connectivity index is 1.40. The van der Waals surface area contributed by atoms with E-state index in [-0.39, 0.29) is 12.6 Å². The summed E-state index contributed by atoms with van der Waals surface area (Å²) < 4.78 is 7.13. The van der Waals surface area contributed by atoms with Gasteiger partial charge in [-0.25, -0.2) is 19.1 Å². The van der Waals surface area contributed by atoms with Crippen LogP contribution in [0, 0.1) is 6.92 Å². The molecule has 0 N–H and O–H groups in total.